The molecular weight excluding hydrogens is 236 g/mol. The van der Waals surface area contributed by atoms with E-state index in [1.807, 2.05) is 37.6 Å². The van der Waals surface area contributed by atoms with Gasteiger partial charge >= 0.3 is 0 Å². The van der Waals surface area contributed by atoms with Gasteiger partial charge in [0.05, 0.1) is 17.6 Å². The topological polar surface area (TPSA) is 53.6 Å². The van der Waals surface area contributed by atoms with E-state index < -0.39 is 0 Å². The zero-order chi connectivity index (χ0) is 13.2. The summed E-state index contributed by atoms with van der Waals surface area (Å²) >= 11 is 0. The number of aryl methyl sites for hydroxylation is 1. The van der Waals surface area contributed by atoms with Crippen LogP contribution in [0.2, 0.25) is 0 Å². The van der Waals surface area contributed by atoms with E-state index >= 15 is 0 Å². The van der Waals surface area contributed by atoms with Crippen LogP contribution in [0.15, 0.2) is 30.7 Å². The van der Waals surface area contributed by atoms with Crippen LogP contribution in [-0.2, 0) is 0 Å². The Morgan fingerprint density at radius 3 is 3.11 bits per heavy atom. The van der Waals surface area contributed by atoms with Crippen LogP contribution in [-0.4, -0.2) is 22.6 Å². The molecule has 1 unspecified atom stereocenters. The quantitative estimate of drug-likeness (QED) is 0.890. The van der Waals surface area contributed by atoms with E-state index in [0.717, 1.165) is 36.3 Å². The highest BCUT2D eigenvalue weighted by Gasteiger charge is 2.21. The van der Waals surface area contributed by atoms with Crippen LogP contribution in [0.5, 0.6) is 0 Å². The SMILES string of the molecule is Cc1cccc(-n2cncc2C2CCNC2)c1C#N. The maximum absolute atomic E-state index is 9.36. The molecule has 4 heteroatoms. The highest BCUT2D eigenvalue weighted by atomic mass is 15.1. The predicted octanol–water partition coefficient (Wildman–Crippen LogP) is 2.13. The van der Waals surface area contributed by atoms with Crippen molar-refractivity contribution >= 4 is 0 Å². The molecule has 3 rings (SSSR count). The highest BCUT2D eigenvalue weighted by Crippen LogP contribution is 2.26. The molecule has 1 aliphatic heterocycles. The third kappa shape index (κ3) is 2.02. The van der Waals surface area contributed by atoms with E-state index in [4.69, 9.17) is 0 Å². The van der Waals surface area contributed by atoms with E-state index in [1.54, 1.807) is 0 Å². The summed E-state index contributed by atoms with van der Waals surface area (Å²) in [4.78, 5) is 4.27. The van der Waals surface area contributed by atoms with Crippen molar-refractivity contribution in [2.24, 2.45) is 0 Å². The molecule has 1 aromatic heterocycles. The average molecular weight is 252 g/mol. The summed E-state index contributed by atoms with van der Waals surface area (Å²) in [5.74, 6) is 0.481. The summed E-state index contributed by atoms with van der Waals surface area (Å²) in [5, 5.41) is 12.7. The van der Waals surface area contributed by atoms with Crippen molar-refractivity contribution in [1.82, 2.24) is 14.9 Å². The molecule has 1 fully saturated rings. The normalized spacial score (nSPS) is 18.4. The molecule has 0 spiro atoms. The van der Waals surface area contributed by atoms with Crippen LogP contribution >= 0.6 is 0 Å². The first-order valence-corrected chi connectivity index (χ1v) is 6.54. The van der Waals surface area contributed by atoms with Crippen molar-refractivity contribution in [2.75, 3.05) is 13.1 Å². The second-order valence-electron chi connectivity index (χ2n) is 4.96. The van der Waals surface area contributed by atoms with Crippen molar-refractivity contribution in [3.8, 4) is 11.8 Å². The number of nitrogens with one attached hydrogen (secondary N) is 1. The Labute approximate surface area is 112 Å². The smallest absolute Gasteiger partial charge is 0.102 e. The standard InChI is InChI=1S/C15H16N4/c1-11-3-2-4-14(13(11)7-16)19-10-18-9-15(19)12-5-6-17-8-12/h2-4,9-10,12,17H,5-6,8H2,1H3. The lowest BCUT2D eigenvalue weighted by molar-refractivity contribution is 0.713. The number of benzene rings is 1. The Balaban J connectivity index is 2.11. The summed E-state index contributed by atoms with van der Waals surface area (Å²) < 4.78 is 2.06. The fourth-order valence-corrected chi connectivity index (χ4v) is 2.71. The fourth-order valence-electron chi connectivity index (χ4n) is 2.71. The molecule has 1 aliphatic rings. The lowest BCUT2D eigenvalue weighted by Crippen LogP contribution is -2.11. The number of hydrogen-bond donors (Lipinski definition) is 1. The van der Waals surface area contributed by atoms with Gasteiger partial charge in [-0.15, -0.1) is 0 Å². The third-order valence-electron chi connectivity index (χ3n) is 3.77. The van der Waals surface area contributed by atoms with Gasteiger partial charge < -0.3 is 9.88 Å². The van der Waals surface area contributed by atoms with Crippen molar-refractivity contribution < 1.29 is 0 Å². The number of nitriles is 1. The zero-order valence-electron chi connectivity index (χ0n) is 10.9. The Bertz CT molecular complexity index is 630. The minimum absolute atomic E-state index is 0.481. The lowest BCUT2D eigenvalue weighted by atomic mass is 10.0. The van der Waals surface area contributed by atoms with Gasteiger partial charge in [0, 0.05) is 24.4 Å². The lowest BCUT2D eigenvalue weighted by Gasteiger charge is -2.14. The third-order valence-corrected chi connectivity index (χ3v) is 3.77. The molecule has 19 heavy (non-hydrogen) atoms. The maximum Gasteiger partial charge on any atom is 0.102 e. The van der Waals surface area contributed by atoms with Gasteiger partial charge in [-0.3, -0.25) is 0 Å². The summed E-state index contributed by atoms with van der Waals surface area (Å²) in [6.45, 7) is 4.00. The minimum atomic E-state index is 0.481. The Morgan fingerprint density at radius 2 is 2.37 bits per heavy atom. The Kier molecular flexibility index (Phi) is 3.06. The van der Waals surface area contributed by atoms with Crippen LogP contribution in [0, 0.1) is 18.3 Å². The van der Waals surface area contributed by atoms with Gasteiger partial charge in [-0.05, 0) is 31.5 Å². The summed E-state index contributed by atoms with van der Waals surface area (Å²) in [5.41, 5.74) is 3.85. The van der Waals surface area contributed by atoms with Crippen molar-refractivity contribution in [3.05, 3.63) is 47.5 Å². The molecule has 1 N–H and O–H groups in total. The highest BCUT2D eigenvalue weighted by molar-refractivity contribution is 5.53. The van der Waals surface area contributed by atoms with E-state index in [9.17, 15) is 5.26 Å². The van der Waals surface area contributed by atoms with Crippen LogP contribution in [0.1, 0.15) is 29.2 Å². The molecule has 1 aromatic carbocycles. The second kappa shape index (κ2) is 4.87. The van der Waals surface area contributed by atoms with Crippen molar-refractivity contribution in [1.29, 1.82) is 5.26 Å². The number of nitrogens with zero attached hydrogens (tertiary/aromatic N) is 3. The molecule has 2 heterocycles. The molecule has 0 amide bonds. The summed E-state index contributed by atoms with van der Waals surface area (Å²) in [6, 6.07) is 8.25. The van der Waals surface area contributed by atoms with Crippen LogP contribution in [0.3, 0.4) is 0 Å². The molecule has 0 aliphatic carbocycles. The van der Waals surface area contributed by atoms with Crippen LogP contribution in [0.25, 0.3) is 5.69 Å². The summed E-state index contributed by atoms with van der Waals surface area (Å²) in [6.07, 6.45) is 4.85. The molecule has 0 saturated carbocycles. The predicted molar refractivity (Wildman–Crippen MR) is 73.2 cm³/mol. The van der Waals surface area contributed by atoms with E-state index in [0.29, 0.717) is 5.92 Å². The second-order valence-corrected chi connectivity index (χ2v) is 4.96. The number of hydrogen-bond acceptors (Lipinski definition) is 3. The van der Waals surface area contributed by atoms with Gasteiger partial charge in [0.2, 0.25) is 0 Å². The summed E-state index contributed by atoms with van der Waals surface area (Å²) in [7, 11) is 0. The average Bonchev–Trinajstić information content (AvgIpc) is 3.09. The molecule has 0 bridgehead atoms. The molecule has 4 nitrogen and oxygen atoms in total. The van der Waals surface area contributed by atoms with Gasteiger partial charge in [0.25, 0.3) is 0 Å². The molecule has 96 valence electrons. The van der Waals surface area contributed by atoms with Crippen molar-refractivity contribution in [3.63, 3.8) is 0 Å². The Morgan fingerprint density at radius 1 is 1.47 bits per heavy atom. The molecule has 2 aromatic rings. The van der Waals surface area contributed by atoms with Gasteiger partial charge in [-0.2, -0.15) is 5.26 Å². The first-order chi connectivity index (χ1) is 9.31. The van der Waals surface area contributed by atoms with Crippen LogP contribution in [0.4, 0.5) is 0 Å². The largest absolute Gasteiger partial charge is 0.316 e. The fraction of sp³-hybridized carbons (Fsp3) is 0.333. The van der Waals surface area contributed by atoms with Gasteiger partial charge in [-0.25, -0.2) is 4.98 Å². The van der Waals surface area contributed by atoms with E-state index in [1.165, 1.54) is 5.69 Å². The zero-order valence-corrected chi connectivity index (χ0v) is 10.9. The number of rotatable bonds is 2. The van der Waals surface area contributed by atoms with Crippen LogP contribution < -0.4 is 5.32 Å². The number of imidazole rings is 1. The number of aromatic nitrogens is 2. The molecule has 0 radical (unpaired) electrons. The van der Waals surface area contributed by atoms with E-state index in [-0.39, 0.29) is 0 Å². The molecule has 1 saturated heterocycles. The monoisotopic (exact) mass is 252 g/mol. The van der Waals surface area contributed by atoms with Crippen molar-refractivity contribution in [2.45, 2.75) is 19.3 Å². The van der Waals surface area contributed by atoms with Gasteiger partial charge in [0.15, 0.2) is 0 Å². The maximum atomic E-state index is 9.36. The minimum Gasteiger partial charge on any atom is -0.316 e. The molecule has 1 atom stereocenters. The first kappa shape index (κ1) is 11.9. The first-order valence-electron chi connectivity index (χ1n) is 6.54. The van der Waals surface area contributed by atoms with E-state index in [2.05, 4.69) is 20.9 Å². The Hall–Kier alpha value is -2.12. The molecular formula is C15H16N4. The van der Waals surface area contributed by atoms with Gasteiger partial charge in [0.1, 0.15) is 6.07 Å². The van der Waals surface area contributed by atoms with Gasteiger partial charge in [-0.1, -0.05) is 12.1 Å².